The van der Waals surface area contributed by atoms with E-state index in [-0.39, 0.29) is 0 Å². The second kappa shape index (κ2) is 9.73. The van der Waals surface area contributed by atoms with Crippen molar-refractivity contribution in [2.45, 2.75) is 83.8 Å². The quantitative estimate of drug-likeness (QED) is 0.612. The van der Waals surface area contributed by atoms with Crippen LogP contribution >= 0.6 is 0 Å². The zero-order chi connectivity index (χ0) is 17.5. The summed E-state index contributed by atoms with van der Waals surface area (Å²) >= 11 is 0. The fourth-order valence-corrected chi connectivity index (χ4v) is 4.49. The Morgan fingerprint density at radius 3 is 2.12 bits per heavy atom. The summed E-state index contributed by atoms with van der Waals surface area (Å²) in [5, 5.41) is 2.85. The molecule has 1 heterocycles. The Morgan fingerprint density at radius 2 is 1.60 bits per heavy atom. The maximum atomic E-state index is 6.17. The summed E-state index contributed by atoms with van der Waals surface area (Å²) in [6.07, 6.45) is 12.7. The predicted octanol–water partition coefficient (Wildman–Crippen LogP) is 5.85. The Kier molecular flexibility index (Phi) is 7.36. The highest BCUT2D eigenvalue weighted by atomic mass is 16.6. The van der Waals surface area contributed by atoms with Crippen molar-refractivity contribution in [1.82, 2.24) is 0 Å². The molecule has 0 N–H and O–H groups in total. The predicted molar refractivity (Wildman–Crippen MR) is 103 cm³/mol. The molecule has 0 amide bonds. The van der Waals surface area contributed by atoms with Crippen LogP contribution in [0.5, 0.6) is 0 Å². The fraction of sp³-hybridized carbons (Fsp3) is 0.739. The van der Waals surface area contributed by atoms with Gasteiger partial charge in [0.05, 0.1) is 25.4 Å². The summed E-state index contributed by atoms with van der Waals surface area (Å²) in [4.78, 5) is 0. The lowest BCUT2D eigenvalue weighted by Crippen LogP contribution is -2.43. The average molecular weight is 345 g/mol. The summed E-state index contributed by atoms with van der Waals surface area (Å²) in [6, 6.07) is 8.48. The second-order valence-corrected chi connectivity index (χ2v) is 8.02. The van der Waals surface area contributed by atoms with Crippen molar-refractivity contribution >= 4 is 0 Å². The second-order valence-electron chi connectivity index (χ2n) is 8.02. The molecule has 2 heteroatoms. The van der Waals surface area contributed by atoms with Crippen molar-refractivity contribution in [3.63, 3.8) is 0 Å². The topological polar surface area (TPSA) is 18.5 Å². The molecule has 0 radical (unpaired) electrons. The molecular formula is C23H36O2. The minimum Gasteiger partial charge on any atom is -0.373 e. The first-order valence-electron chi connectivity index (χ1n) is 10.7. The summed E-state index contributed by atoms with van der Waals surface area (Å²) < 4.78 is 12.2. The Morgan fingerprint density at radius 1 is 0.880 bits per heavy atom. The zero-order valence-electron chi connectivity index (χ0n) is 16.2. The van der Waals surface area contributed by atoms with Gasteiger partial charge in [0, 0.05) is 0 Å². The SMILES string of the molecule is CCCCCC1COC(C2CCCCC2CC)CO1.c1cc2ccc1=2. The Balaban J connectivity index is 0.000000250. The molecule has 2 nitrogen and oxygen atoms in total. The van der Waals surface area contributed by atoms with Crippen LogP contribution in [0.15, 0.2) is 24.3 Å². The molecule has 0 aromatic carbocycles. The molecule has 3 aliphatic carbocycles. The summed E-state index contributed by atoms with van der Waals surface area (Å²) in [7, 11) is 0. The van der Waals surface area contributed by atoms with Gasteiger partial charge in [-0.3, -0.25) is 0 Å². The normalized spacial score (nSPS) is 30.3. The molecule has 1 saturated heterocycles. The minimum absolute atomic E-state index is 0.367. The maximum Gasteiger partial charge on any atom is 0.0840 e. The van der Waals surface area contributed by atoms with E-state index in [0.29, 0.717) is 12.2 Å². The van der Waals surface area contributed by atoms with Crippen LogP contribution in [0.4, 0.5) is 0 Å². The molecule has 1 aliphatic heterocycles. The molecule has 4 unspecified atom stereocenters. The van der Waals surface area contributed by atoms with E-state index < -0.39 is 0 Å². The molecule has 4 atom stereocenters. The number of unbranched alkanes of at least 4 members (excludes halogenated alkanes) is 2. The lowest BCUT2D eigenvalue weighted by atomic mass is 9.75. The fourth-order valence-electron chi connectivity index (χ4n) is 4.49. The van der Waals surface area contributed by atoms with Gasteiger partial charge in [-0.1, -0.05) is 83.1 Å². The van der Waals surface area contributed by atoms with Gasteiger partial charge in [-0.15, -0.1) is 0 Å². The van der Waals surface area contributed by atoms with Gasteiger partial charge in [-0.2, -0.15) is 0 Å². The van der Waals surface area contributed by atoms with E-state index >= 15 is 0 Å². The summed E-state index contributed by atoms with van der Waals surface area (Å²) in [5.41, 5.74) is 0. The van der Waals surface area contributed by atoms with Gasteiger partial charge < -0.3 is 9.47 Å². The van der Waals surface area contributed by atoms with Crippen LogP contribution in [0, 0.1) is 22.3 Å². The van der Waals surface area contributed by atoms with Gasteiger partial charge in [0.2, 0.25) is 0 Å². The molecule has 2 fully saturated rings. The standard InChI is InChI=1S/C17H32O2.C6H4/c1-3-5-6-10-15-12-19-17(13-18-15)16-11-8-7-9-14(16)4-2;1-2-6-4-3-5(1)6/h14-17H,3-13H2,1-2H3;1-4H. The van der Waals surface area contributed by atoms with E-state index in [9.17, 15) is 0 Å². The highest BCUT2D eigenvalue weighted by Gasteiger charge is 2.34. The number of ether oxygens (including phenoxy) is 2. The molecule has 4 aliphatic rings. The van der Waals surface area contributed by atoms with Crippen LogP contribution in [0.25, 0.3) is 0 Å². The molecule has 0 spiro atoms. The summed E-state index contributed by atoms with van der Waals surface area (Å²) in [6.45, 7) is 6.27. The summed E-state index contributed by atoms with van der Waals surface area (Å²) in [5.74, 6) is 1.63. The third kappa shape index (κ3) is 5.08. The van der Waals surface area contributed by atoms with E-state index in [1.54, 1.807) is 0 Å². The first-order valence-corrected chi connectivity index (χ1v) is 10.7. The van der Waals surface area contributed by atoms with Crippen LogP contribution in [0.3, 0.4) is 0 Å². The lowest BCUT2D eigenvalue weighted by Gasteiger charge is -2.40. The van der Waals surface area contributed by atoms with Gasteiger partial charge in [-0.05, 0) is 35.1 Å². The van der Waals surface area contributed by atoms with Crippen molar-refractivity contribution < 1.29 is 9.47 Å². The van der Waals surface area contributed by atoms with Crippen LogP contribution in [0.2, 0.25) is 0 Å². The van der Waals surface area contributed by atoms with Gasteiger partial charge in [0.1, 0.15) is 0 Å². The van der Waals surface area contributed by atoms with Crippen molar-refractivity contribution in [2.75, 3.05) is 13.2 Å². The number of benzene rings is 1. The smallest absolute Gasteiger partial charge is 0.0840 e. The third-order valence-electron chi connectivity index (χ3n) is 6.31. The third-order valence-corrected chi connectivity index (χ3v) is 6.31. The molecule has 25 heavy (non-hydrogen) atoms. The number of hydrogen-bond donors (Lipinski definition) is 0. The Bertz CT molecular complexity index is 538. The first kappa shape index (κ1) is 18.9. The average Bonchev–Trinajstić information content (AvgIpc) is 2.66. The van der Waals surface area contributed by atoms with Crippen LogP contribution in [-0.4, -0.2) is 25.4 Å². The Hall–Kier alpha value is -0.860. The number of hydrogen-bond acceptors (Lipinski definition) is 2. The van der Waals surface area contributed by atoms with Crippen molar-refractivity contribution in [2.24, 2.45) is 11.8 Å². The van der Waals surface area contributed by atoms with Crippen molar-refractivity contribution in [3.05, 3.63) is 34.7 Å². The van der Waals surface area contributed by atoms with Gasteiger partial charge >= 0.3 is 0 Å². The van der Waals surface area contributed by atoms with Crippen molar-refractivity contribution in [3.8, 4) is 0 Å². The van der Waals surface area contributed by atoms with E-state index in [1.165, 1.54) is 68.2 Å². The lowest BCUT2D eigenvalue weighted by molar-refractivity contribution is -0.163. The van der Waals surface area contributed by atoms with Gasteiger partial charge in [0.25, 0.3) is 0 Å². The number of rotatable bonds is 6. The molecule has 0 aromatic heterocycles. The largest absolute Gasteiger partial charge is 0.373 e. The van der Waals surface area contributed by atoms with Gasteiger partial charge in [0.15, 0.2) is 0 Å². The van der Waals surface area contributed by atoms with Crippen LogP contribution in [0.1, 0.15) is 71.6 Å². The zero-order valence-corrected chi connectivity index (χ0v) is 16.2. The molecular weight excluding hydrogens is 308 g/mol. The first-order chi connectivity index (χ1) is 12.3. The van der Waals surface area contributed by atoms with E-state index in [1.807, 2.05) is 0 Å². The van der Waals surface area contributed by atoms with E-state index in [2.05, 4.69) is 38.1 Å². The molecule has 140 valence electrons. The molecule has 0 bridgehead atoms. The van der Waals surface area contributed by atoms with E-state index in [4.69, 9.17) is 9.47 Å². The van der Waals surface area contributed by atoms with Crippen LogP contribution in [-0.2, 0) is 9.47 Å². The molecule has 0 aromatic rings. The maximum absolute atomic E-state index is 6.17. The van der Waals surface area contributed by atoms with Gasteiger partial charge in [-0.25, -0.2) is 0 Å². The highest BCUT2D eigenvalue weighted by Crippen LogP contribution is 2.36. The minimum atomic E-state index is 0.367. The van der Waals surface area contributed by atoms with Crippen molar-refractivity contribution in [1.29, 1.82) is 0 Å². The Labute approximate surface area is 153 Å². The molecule has 4 rings (SSSR count). The highest BCUT2D eigenvalue weighted by molar-refractivity contribution is 5.22. The van der Waals surface area contributed by atoms with Crippen LogP contribution < -0.4 is 0 Å². The van der Waals surface area contributed by atoms with E-state index in [0.717, 1.165) is 25.0 Å². The molecule has 1 saturated carbocycles. The monoisotopic (exact) mass is 344 g/mol.